The molecular formula is C16H27N3O3S2. The van der Waals surface area contributed by atoms with E-state index < -0.39 is 10.0 Å². The van der Waals surface area contributed by atoms with E-state index in [1.807, 2.05) is 4.90 Å². The van der Waals surface area contributed by atoms with Gasteiger partial charge in [0.15, 0.2) is 5.13 Å². The third kappa shape index (κ3) is 5.44. The number of likely N-dealkylation sites (tertiary alicyclic amines) is 1. The highest BCUT2D eigenvalue weighted by atomic mass is 32.2. The molecule has 2 rings (SSSR count). The number of nitrogens with zero attached hydrogens (tertiary/aromatic N) is 2. The molecule has 0 radical (unpaired) electrons. The van der Waals surface area contributed by atoms with Crippen molar-refractivity contribution in [2.45, 2.75) is 52.5 Å². The fourth-order valence-corrected chi connectivity index (χ4v) is 4.70. The second-order valence-electron chi connectivity index (χ2n) is 7.06. The fourth-order valence-electron chi connectivity index (χ4n) is 3.13. The molecule has 2 heterocycles. The molecule has 24 heavy (non-hydrogen) atoms. The maximum absolute atomic E-state index is 12.8. The molecule has 1 fully saturated rings. The van der Waals surface area contributed by atoms with E-state index in [4.69, 9.17) is 0 Å². The van der Waals surface area contributed by atoms with Gasteiger partial charge in [0.2, 0.25) is 15.9 Å². The third-order valence-corrected chi connectivity index (χ3v) is 5.96. The molecule has 1 aliphatic heterocycles. The molecule has 1 amide bonds. The smallest absolute Gasteiger partial charge is 0.231 e. The topological polar surface area (TPSA) is 79.4 Å². The normalized spacial score (nSPS) is 22.5. The predicted octanol–water partition coefficient (Wildman–Crippen LogP) is 2.73. The summed E-state index contributed by atoms with van der Waals surface area (Å²) in [5.41, 5.74) is 0.621. The second-order valence-corrected chi connectivity index (χ2v) is 9.67. The first-order valence-corrected chi connectivity index (χ1v) is 11.1. The SMILES string of the molecule is CC(C)[C@@H]1CC[C@H](C)CCN1C(=O)Cc1csc(NS(C)(=O)=O)n1. The molecule has 1 aromatic heterocycles. The molecule has 136 valence electrons. The zero-order valence-electron chi connectivity index (χ0n) is 14.8. The highest BCUT2D eigenvalue weighted by Crippen LogP contribution is 2.27. The largest absolute Gasteiger partial charge is 0.339 e. The maximum Gasteiger partial charge on any atom is 0.231 e. The summed E-state index contributed by atoms with van der Waals surface area (Å²) in [4.78, 5) is 19.0. The average molecular weight is 374 g/mol. The highest BCUT2D eigenvalue weighted by Gasteiger charge is 2.29. The number of carbonyl (C=O) groups is 1. The number of rotatable bonds is 5. The van der Waals surface area contributed by atoms with Crippen LogP contribution in [0.5, 0.6) is 0 Å². The van der Waals surface area contributed by atoms with Gasteiger partial charge < -0.3 is 4.90 Å². The van der Waals surface area contributed by atoms with Crippen LogP contribution in [0.3, 0.4) is 0 Å². The van der Waals surface area contributed by atoms with Crippen molar-refractivity contribution in [3.8, 4) is 0 Å². The van der Waals surface area contributed by atoms with Gasteiger partial charge >= 0.3 is 0 Å². The second kappa shape index (κ2) is 7.82. The van der Waals surface area contributed by atoms with E-state index >= 15 is 0 Å². The van der Waals surface area contributed by atoms with Crippen molar-refractivity contribution < 1.29 is 13.2 Å². The summed E-state index contributed by atoms with van der Waals surface area (Å²) in [5.74, 6) is 1.16. The van der Waals surface area contributed by atoms with Crippen molar-refractivity contribution in [2.24, 2.45) is 11.8 Å². The Hall–Kier alpha value is -1.15. The number of sulfonamides is 1. The van der Waals surface area contributed by atoms with E-state index in [1.165, 1.54) is 11.3 Å². The lowest BCUT2D eigenvalue weighted by Crippen LogP contribution is -2.43. The molecule has 1 aliphatic rings. The number of amides is 1. The summed E-state index contributed by atoms with van der Waals surface area (Å²) in [6.07, 6.45) is 4.55. The molecule has 0 bridgehead atoms. The first kappa shape index (κ1) is 19.2. The van der Waals surface area contributed by atoms with Crippen LogP contribution in [0.4, 0.5) is 5.13 Å². The lowest BCUT2D eigenvalue weighted by Gasteiger charge is -2.33. The van der Waals surface area contributed by atoms with Gasteiger partial charge in [-0.3, -0.25) is 9.52 Å². The van der Waals surface area contributed by atoms with E-state index in [-0.39, 0.29) is 18.4 Å². The minimum atomic E-state index is -3.34. The molecule has 0 aromatic carbocycles. The number of aromatic nitrogens is 1. The quantitative estimate of drug-likeness (QED) is 0.861. The number of nitrogens with one attached hydrogen (secondary N) is 1. The van der Waals surface area contributed by atoms with Crippen LogP contribution >= 0.6 is 11.3 Å². The number of hydrogen-bond donors (Lipinski definition) is 1. The average Bonchev–Trinajstić information content (AvgIpc) is 2.76. The van der Waals surface area contributed by atoms with Gasteiger partial charge in [-0.2, -0.15) is 0 Å². The van der Waals surface area contributed by atoms with Gasteiger partial charge in [0, 0.05) is 18.0 Å². The van der Waals surface area contributed by atoms with Crippen LogP contribution in [0.1, 0.15) is 45.7 Å². The standard InChI is InChI=1S/C16H27N3O3S2/c1-11(2)14-6-5-12(3)7-8-19(14)15(20)9-13-10-23-16(17-13)18-24(4,21)22/h10-12,14H,5-9H2,1-4H3,(H,17,18)/t12-,14-/m0/s1. The number of hydrogen-bond acceptors (Lipinski definition) is 5. The Morgan fingerprint density at radius 1 is 1.42 bits per heavy atom. The number of anilines is 1. The molecule has 6 nitrogen and oxygen atoms in total. The molecular weight excluding hydrogens is 346 g/mol. The van der Waals surface area contributed by atoms with Crippen molar-refractivity contribution >= 4 is 32.4 Å². The van der Waals surface area contributed by atoms with Crippen LogP contribution in [0.25, 0.3) is 0 Å². The van der Waals surface area contributed by atoms with Crippen LogP contribution in [-0.4, -0.2) is 43.1 Å². The predicted molar refractivity (Wildman–Crippen MR) is 97.6 cm³/mol. The molecule has 8 heteroatoms. The Labute approximate surface area is 148 Å². The van der Waals surface area contributed by atoms with Gasteiger partial charge in [-0.25, -0.2) is 13.4 Å². The maximum atomic E-state index is 12.8. The molecule has 2 atom stereocenters. The Morgan fingerprint density at radius 2 is 2.12 bits per heavy atom. The Morgan fingerprint density at radius 3 is 2.75 bits per heavy atom. The Balaban J connectivity index is 2.06. The number of carbonyl (C=O) groups excluding carboxylic acids is 1. The molecule has 0 aliphatic carbocycles. The van der Waals surface area contributed by atoms with Crippen molar-refractivity contribution in [1.82, 2.24) is 9.88 Å². The Kier molecular flexibility index (Phi) is 6.25. The molecule has 1 saturated heterocycles. The van der Waals surface area contributed by atoms with E-state index in [1.54, 1.807) is 5.38 Å². The van der Waals surface area contributed by atoms with E-state index in [2.05, 4.69) is 30.5 Å². The van der Waals surface area contributed by atoms with Crippen molar-refractivity contribution in [2.75, 3.05) is 17.5 Å². The van der Waals surface area contributed by atoms with E-state index in [0.29, 0.717) is 22.7 Å². The monoisotopic (exact) mass is 373 g/mol. The van der Waals surface area contributed by atoms with Crippen LogP contribution in [0.15, 0.2) is 5.38 Å². The van der Waals surface area contributed by atoms with Gasteiger partial charge in [-0.05, 0) is 31.1 Å². The zero-order chi connectivity index (χ0) is 17.9. The molecule has 1 aromatic rings. The van der Waals surface area contributed by atoms with Crippen molar-refractivity contribution in [1.29, 1.82) is 0 Å². The fraction of sp³-hybridized carbons (Fsp3) is 0.750. The van der Waals surface area contributed by atoms with Gasteiger partial charge in [0.1, 0.15) is 0 Å². The van der Waals surface area contributed by atoms with Crippen LogP contribution in [0, 0.1) is 11.8 Å². The lowest BCUT2D eigenvalue weighted by molar-refractivity contribution is -0.133. The van der Waals surface area contributed by atoms with Crippen molar-refractivity contribution in [3.63, 3.8) is 0 Å². The minimum Gasteiger partial charge on any atom is -0.339 e. The lowest BCUT2D eigenvalue weighted by atomic mass is 9.95. The Bertz CT molecular complexity index is 670. The van der Waals surface area contributed by atoms with Crippen LogP contribution in [-0.2, 0) is 21.2 Å². The van der Waals surface area contributed by atoms with Crippen LogP contribution < -0.4 is 4.72 Å². The first-order valence-electron chi connectivity index (χ1n) is 8.37. The molecule has 0 unspecified atom stereocenters. The summed E-state index contributed by atoms with van der Waals surface area (Å²) in [6, 6.07) is 0.273. The summed E-state index contributed by atoms with van der Waals surface area (Å²) in [7, 11) is -3.34. The first-order chi connectivity index (χ1) is 11.2. The zero-order valence-corrected chi connectivity index (χ0v) is 16.4. The summed E-state index contributed by atoms with van der Waals surface area (Å²) in [6.45, 7) is 7.37. The minimum absolute atomic E-state index is 0.0824. The summed E-state index contributed by atoms with van der Waals surface area (Å²) >= 11 is 1.20. The summed E-state index contributed by atoms with van der Waals surface area (Å²) < 4.78 is 24.8. The van der Waals surface area contributed by atoms with Gasteiger partial charge in [-0.1, -0.05) is 20.8 Å². The number of thiazole rings is 1. The van der Waals surface area contributed by atoms with Gasteiger partial charge in [-0.15, -0.1) is 11.3 Å². The third-order valence-electron chi connectivity index (χ3n) is 4.47. The summed E-state index contributed by atoms with van der Waals surface area (Å²) in [5, 5.41) is 2.06. The van der Waals surface area contributed by atoms with E-state index in [0.717, 1.165) is 32.1 Å². The molecule has 0 spiro atoms. The highest BCUT2D eigenvalue weighted by molar-refractivity contribution is 7.92. The molecule has 1 N–H and O–H groups in total. The van der Waals surface area contributed by atoms with Crippen molar-refractivity contribution in [3.05, 3.63) is 11.1 Å². The van der Waals surface area contributed by atoms with E-state index in [9.17, 15) is 13.2 Å². The van der Waals surface area contributed by atoms with Gasteiger partial charge in [0.05, 0.1) is 18.4 Å². The molecule has 0 saturated carbocycles. The van der Waals surface area contributed by atoms with Crippen LogP contribution in [0.2, 0.25) is 0 Å². The van der Waals surface area contributed by atoms with Gasteiger partial charge in [0.25, 0.3) is 0 Å².